The topological polar surface area (TPSA) is 43.4 Å². The number of hydrogen-bond donors (Lipinski definition) is 0. The zero-order valence-corrected chi connectivity index (χ0v) is 12.3. The van der Waals surface area contributed by atoms with Crippen LogP contribution >= 0.6 is 0 Å². The Labute approximate surface area is 124 Å². The summed E-state index contributed by atoms with van der Waals surface area (Å²) in [6, 6.07) is 14.2. The van der Waals surface area contributed by atoms with Gasteiger partial charge in [-0.05, 0) is 25.0 Å². The largest absolute Gasteiger partial charge is 0.462 e. The fourth-order valence-electron chi connectivity index (χ4n) is 2.26. The van der Waals surface area contributed by atoms with E-state index in [1.54, 1.807) is 37.3 Å². The highest BCUT2D eigenvalue weighted by molar-refractivity contribution is 6.15. The molecule has 0 N–H and O–H groups in total. The smallest absolute Gasteiger partial charge is 0.338 e. The minimum atomic E-state index is -0.463. The van der Waals surface area contributed by atoms with Crippen LogP contribution in [0.4, 0.5) is 0 Å². The van der Waals surface area contributed by atoms with E-state index in [0.717, 1.165) is 12.0 Å². The van der Waals surface area contributed by atoms with E-state index in [9.17, 15) is 9.59 Å². The van der Waals surface area contributed by atoms with Crippen molar-refractivity contribution in [3.05, 3.63) is 70.8 Å². The Kier molecular flexibility index (Phi) is 4.88. The van der Waals surface area contributed by atoms with Crippen LogP contribution in [0.25, 0.3) is 0 Å². The molecule has 0 aromatic heterocycles. The van der Waals surface area contributed by atoms with Gasteiger partial charge in [0.2, 0.25) is 0 Å². The van der Waals surface area contributed by atoms with Gasteiger partial charge in [-0.1, -0.05) is 49.4 Å². The van der Waals surface area contributed by atoms with Gasteiger partial charge in [0.15, 0.2) is 5.78 Å². The lowest BCUT2D eigenvalue weighted by molar-refractivity contribution is 0.0523. The van der Waals surface area contributed by atoms with E-state index in [2.05, 4.69) is 0 Å². The van der Waals surface area contributed by atoms with Crippen LogP contribution in [0.5, 0.6) is 0 Å². The monoisotopic (exact) mass is 282 g/mol. The van der Waals surface area contributed by atoms with Crippen molar-refractivity contribution >= 4 is 11.8 Å². The average molecular weight is 282 g/mol. The van der Waals surface area contributed by atoms with E-state index in [4.69, 9.17) is 4.74 Å². The fourth-order valence-corrected chi connectivity index (χ4v) is 2.26. The summed E-state index contributed by atoms with van der Waals surface area (Å²) in [4.78, 5) is 24.7. The van der Waals surface area contributed by atoms with Crippen LogP contribution < -0.4 is 0 Å². The second-order valence-corrected chi connectivity index (χ2v) is 4.61. The maximum atomic E-state index is 12.7. The number of rotatable bonds is 5. The molecule has 0 heterocycles. The number of carbonyl (C=O) groups is 2. The van der Waals surface area contributed by atoms with E-state index >= 15 is 0 Å². The Balaban J connectivity index is 2.47. The van der Waals surface area contributed by atoms with E-state index in [0.29, 0.717) is 16.7 Å². The minimum absolute atomic E-state index is 0.142. The first-order valence-corrected chi connectivity index (χ1v) is 7.07. The highest BCUT2D eigenvalue weighted by atomic mass is 16.5. The fraction of sp³-hybridized carbons (Fsp3) is 0.222. The number of ether oxygens (including phenoxy) is 1. The highest BCUT2D eigenvalue weighted by Crippen LogP contribution is 2.19. The summed E-state index contributed by atoms with van der Waals surface area (Å²) in [5.41, 5.74) is 2.31. The Morgan fingerprint density at radius 1 is 0.857 bits per heavy atom. The lowest BCUT2D eigenvalue weighted by atomic mass is 9.94. The summed E-state index contributed by atoms with van der Waals surface area (Å²) in [6.07, 6.45) is 0.767. The van der Waals surface area contributed by atoms with Crippen LogP contribution in [0, 0.1) is 0 Å². The molecule has 3 heteroatoms. The van der Waals surface area contributed by atoms with Crippen molar-refractivity contribution in [1.82, 2.24) is 0 Å². The maximum Gasteiger partial charge on any atom is 0.338 e. The first-order valence-electron chi connectivity index (χ1n) is 7.07. The second-order valence-electron chi connectivity index (χ2n) is 4.61. The summed E-state index contributed by atoms with van der Waals surface area (Å²) in [6.45, 7) is 4.03. The third-order valence-electron chi connectivity index (χ3n) is 3.31. The number of ketones is 1. The van der Waals surface area contributed by atoms with Gasteiger partial charge in [0.1, 0.15) is 0 Å². The molecule has 2 aromatic rings. The zero-order valence-electron chi connectivity index (χ0n) is 12.3. The molecule has 0 bridgehead atoms. The van der Waals surface area contributed by atoms with Crippen LogP contribution in [-0.2, 0) is 11.2 Å². The second kappa shape index (κ2) is 6.84. The van der Waals surface area contributed by atoms with Crippen molar-refractivity contribution in [1.29, 1.82) is 0 Å². The van der Waals surface area contributed by atoms with Gasteiger partial charge < -0.3 is 4.74 Å². The molecule has 0 saturated carbocycles. The van der Waals surface area contributed by atoms with Crippen LogP contribution in [0.3, 0.4) is 0 Å². The molecule has 0 aliphatic heterocycles. The van der Waals surface area contributed by atoms with Crippen molar-refractivity contribution in [2.75, 3.05) is 6.61 Å². The third kappa shape index (κ3) is 3.19. The molecule has 3 nitrogen and oxygen atoms in total. The van der Waals surface area contributed by atoms with Gasteiger partial charge in [0.05, 0.1) is 12.2 Å². The van der Waals surface area contributed by atoms with E-state index < -0.39 is 5.97 Å². The quantitative estimate of drug-likeness (QED) is 0.621. The van der Waals surface area contributed by atoms with Gasteiger partial charge in [-0.3, -0.25) is 4.79 Å². The van der Waals surface area contributed by atoms with Gasteiger partial charge in [-0.15, -0.1) is 0 Å². The van der Waals surface area contributed by atoms with Crippen LogP contribution in [0.2, 0.25) is 0 Å². The van der Waals surface area contributed by atoms with Crippen LogP contribution in [0.15, 0.2) is 48.5 Å². The molecular formula is C18H18O3. The van der Waals surface area contributed by atoms with Crippen molar-refractivity contribution in [2.45, 2.75) is 20.3 Å². The number of hydrogen-bond acceptors (Lipinski definition) is 3. The lowest BCUT2D eigenvalue weighted by Crippen LogP contribution is -2.13. The van der Waals surface area contributed by atoms with E-state index in [-0.39, 0.29) is 12.4 Å². The summed E-state index contributed by atoms with van der Waals surface area (Å²) < 4.78 is 5.02. The summed E-state index contributed by atoms with van der Waals surface area (Å²) in [7, 11) is 0. The molecule has 0 fully saturated rings. The van der Waals surface area contributed by atoms with Gasteiger partial charge in [0.25, 0.3) is 0 Å². The number of esters is 1. The zero-order chi connectivity index (χ0) is 15.2. The van der Waals surface area contributed by atoms with Gasteiger partial charge in [0, 0.05) is 11.1 Å². The third-order valence-corrected chi connectivity index (χ3v) is 3.31. The molecule has 0 radical (unpaired) electrons. The number of carbonyl (C=O) groups excluding carboxylic acids is 2. The Morgan fingerprint density at radius 3 is 2.05 bits per heavy atom. The van der Waals surface area contributed by atoms with Gasteiger partial charge in [-0.25, -0.2) is 4.79 Å². The predicted octanol–water partition coefficient (Wildman–Crippen LogP) is 3.66. The molecule has 0 amide bonds. The van der Waals surface area contributed by atoms with Crippen molar-refractivity contribution in [3.8, 4) is 0 Å². The standard InChI is InChI=1S/C18H18O3/c1-3-13-9-5-6-10-14(13)17(19)15-11-7-8-12-16(15)18(20)21-4-2/h5-12H,3-4H2,1-2H3. The molecule has 2 aromatic carbocycles. The van der Waals surface area contributed by atoms with Gasteiger partial charge >= 0.3 is 5.97 Å². The highest BCUT2D eigenvalue weighted by Gasteiger charge is 2.20. The van der Waals surface area contributed by atoms with Crippen molar-refractivity contribution in [3.63, 3.8) is 0 Å². The predicted molar refractivity (Wildman–Crippen MR) is 81.7 cm³/mol. The van der Waals surface area contributed by atoms with E-state index in [1.165, 1.54) is 0 Å². The molecule has 0 aliphatic rings. The Hall–Kier alpha value is -2.42. The van der Waals surface area contributed by atoms with Crippen LogP contribution in [0.1, 0.15) is 45.7 Å². The Morgan fingerprint density at radius 2 is 1.43 bits per heavy atom. The molecular weight excluding hydrogens is 264 g/mol. The van der Waals surface area contributed by atoms with Gasteiger partial charge in [-0.2, -0.15) is 0 Å². The van der Waals surface area contributed by atoms with Crippen molar-refractivity contribution in [2.24, 2.45) is 0 Å². The molecule has 0 spiro atoms. The number of benzene rings is 2. The normalized spacial score (nSPS) is 10.2. The van der Waals surface area contributed by atoms with Crippen molar-refractivity contribution < 1.29 is 14.3 Å². The van der Waals surface area contributed by atoms with Crippen LogP contribution in [-0.4, -0.2) is 18.4 Å². The molecule has 108 valence electrons. The van der Waals surface area contributed by atoms with E-state index in [1.807, 2.05) is 25.1 Å². The molecule has 21 heavy (non-hydrogen) atoms. The Bertz CT molecular complexity index is 659. The molecule has 0 unspecified atom stereocenters. The maximum absolute atomic E-state index is 12.7. The minimum Gasteiger partial charge on any atom is -0.462 e. The molecule has 0 atom stereocenters. The summed E-state index contributed by atoms with van der Waals surface area (Å²) >= 11 is 0. The SMILES string of the molecule is CCOC(=O)c1ccccc1C(=O)c1ccccc1CC. The summed E-state index contributed by atoms with van der Waals surface area (Å²) in [5, 5.41) is 0. The molecule has 0 saturated heterocycles. The average Bonchev–Trinajstić information content (AvgIpc) is 2.54. The molecule has 2 rings (SSSR count). The first-order chi connectivity index (χ1) is 10.2. The first kappa shape index (κ1) is 15.0. The molecule has 0 aliphatic carbocycles. The number of aryl methyl sites for hydroxylation is 1. The summed E-state index contributed by atoms with van der Waals surface area (Å²) in [5.74, 6) is -0.605. The lowest BCUT2D eigenvalue weighted by Gasteiger charge is -2.10.